The van der Waals surface area contributed by atoms with Gasteiger partial charge >= 0.3 is 5.97 Å². The van der Waals surface area contributed by atoms with Gasteiger partial charge in [0.1, 0.15) is 5.75 Å². The van der Waals surface area contributed by atoms with Gasteiger partial charge in [-0.1, -0.05) is 18.2 Å². The van der Waals surface area contributed by atoms with Gasteiger partial charge in [0.05, 0.1) is 19.8 Å². The molecule has 0 spiro atoms. The lowest BCUT2D eigenvalue weighted by atomic mass is 10.1. The summed E-state index contributed by atoms with van der Waals surface area (Å²) in [6.07, 6.45) is 1.91. The highest BCUT2D eigenvalue weighted by atomic mass is 32.1. The summed E-state index contributed by atoms with van der Waals surface area (Å²) in [6.45, 7) is 2.62. The number of nitrogens with one attached hydrogen (secondary N) is 2. The van der Waals surface area contributed by atoms with Crippen LogP contribution in [0.1, 0.15) is 27.9 Å². The van der Waals surface area contributed by atoms with Crippen molar-refractivity contribution in [2.24, 2.45) is 0 Å². The molecule has 0 aromatic heterocycles. The zero-order chi connectivity index (χ0) is 18.9. The molecule has 2 N–H and O–H groups in total. The highest BCUT2D eigenvalue weighted by Crippen LogP contribution is 2.19. The van der Waals surface area contributed by atoms with Crippen molar-refractivity contribution < 1.29 is 14.3 Å². The van der Waals surface area contributed by atoms with Gasteiger partial charge in [-0.15, -0.1) is 0 Å². The normalized spacial score (nSPS) is 10.1. The fraction of sp³-hybridized carbons (Fsp3) is 0.300. The van der Waals surface area contributed by atoms with E-state index < -0.39 is 0 Å². The Morgan fingerprint density at radius 3 is 2.50 bits per heavy atom. The Morgan fingerprint density at radius 1 is 1.12 bits per heavy atom. The molecule has 2 aromatic rings. The van der Waals surface area contributed by atoms with Crippen molar-refractivity contribution >= 4 is 29.0 Å². The van der Waals surface area contributed by atoms with E-state index in [0.717, 1.165) is 36.4 Å². The van der Waals surface area contributed by atoms with Crippen molar-refractivity contribution in [2.45, 2.75) is 19.8 Å². The number of aryl methyl sites for hydroxylation is 1. The molecule has 5 nitrogen and oxygen atoms in total. The van der Waals surface area contributed by atoms with E-state index in [1.165, 1.54) is 12.7 Å². The van der Waals surface area contributed by atoms with E-state index in [1.807, 2.05) is 25.1 Å². The number of methoxy groups -OCH3 is 2. The predicted molar refractivity (Wildman–Crippen MR) is 108 cm³/mol. The van der Waals surface area contributed by atoms with Crippen LogP contribution in [0.3, 0.4) is 0 Å². The lowest BCUT2D eigenvalue weighted by Gasteiger charge is -2.14. The Bertz CT molecular complexity index is 760. The molecule has 2 rings (SSSR count). The first-order valence-corrected chi connectivity index (χ1v) is 8.81. The number of carbonyl (C=O) groups is 1. The van der Waals surface area contributed by atoms with Gasteiger partial charge in [-0.2, -0.15) is 0 Å². The maximum atomic E-state index is 11.8. The van der Waals surface area contributed by atoms with Crippen molar-refractivity contribution in [1.82, 2.24) is 5.32 Å². The van der Waals surface area contributed by atoms with E-state index in [0.29, 0.717) is 10.7 Å². The number of rotatable bonds is 7. The van der Waals surface area contributed by atoms with Gasteiger partial charge in [-0.25, -0.2) is 4.79 Å². The Balaban J connectivity index is 1.81. The Kier molecular flexibility index (Phi) is 7.41. The summed E-state index contributed by atoms with van der Waals surface area (Å²) in [5.41, 5.74) is 3.38. The number of benzene rings is 2. The number of esters is 1. The van der Waals surface area contributed by atoms with Crippen LogP contribution in [0.2, 0.25) is 0 Å². The van der Waals surface area contributed by atoms with Crippen LogP contribution in [-0.2, 0) is 11.2 Å². The summed E-state index contributed by atoms with van der Waals surface area (Å²) in [5.74, 6) is 0.506. The summed E-state index contributed by atoms with van der Waals surface area (Å²) in [6, 6.07) is 13.5. The van der Waals surface area contributed by atoms with Gasteiger partial charge < -0.3 is 20.1 Å². The zero-order valence-electron chi connectivity index (χ0n) is 15.3. The molecule has 0 aliphatic heterocycles. The van der Waals surface area contributed by atoms with E-state index in [1.54, 1.807) is 19.2 Å². The van der Waals surface area contributed by atoms with Gasteiger partial charge in [-0.3, -0.25) is 0 Å². The van der Waals surface area contributed by atoms with Crippen LogP contribution >= 0.6 is 12.2 Å². The standard InChI is InChI=1S/C20H24N2O3S/c1-14-17(19(23)25-3)7-4-8-18(14)22-20(26)21-13-5-6-15-9-11-16(24-2)12-10-15/h4,7-12H,5-6,13H2,1-3H3,(H2,21,22,26). The maximum absolute atomic E-state index is 11.8. The highest BCUT2D eigenvalue weighted by Gasteiger charge is 2.12. The van der Waals surface area contributed by atoms with Crippen LogP contribution in [0.15, 0.2) is 42.5 Å². The number of hydrogen-bond acceptors (Lipinski definition) is 4. The minimum Gasteiger partial charge on any atom is -0.497 e. The van der Waals surface area contributed by atoms with Crippen LogP contribution in [0.5, 0.6) is 5.75 Å². The van der Waals surface area contributed by atoms with Gasteiger partial charge in [0, 0.05) is 12.2 Å². The topological polar surface area (TPSA) is 59.6 Å². The van der Waals surface area contributed by atoms with Crippen LogP contribution in [0.25, 0.3) is 0 Å². The van der Waals surface area contributed by atoms with Gasteiger partial charge in [0.25, 0.3) is 0 Å². The second kappa shape index (κ2) is 9.77. The minimum absolute atomic E-state index is 0.357. The quantitative estimate of drug-likeness (QED) is 0.439. The molecule has 0 fully saturated rings. The smallest absolute Gasteiger partial charge is 0.338 e. The van der Waals surface area contributed by atoms with E-state index in [-0.39, 0.29) is 5.97 Å². The van der Waals surface area contributed by atoms with Crippen LogP contribution in [0.4, 0.5) is 5.69 Å². The van der Waals surface area contributed by atoms with Gasteiger partial charge in [-0.05, 0) is 67.4 Å². The Labute approximate surface area is 159 Å². The number of thiocarbonyl (C=S) groups is 1. The molecule has 6 heteroatoms. The number of hydrogen-bond donors (Lipinski definition) is 2. The molecular formula is C20H24N2O3S. The van der Waals surface area contributed by atoms with Crippen molar-refractivity contribution in [3.05, 3.63) is 59.2 Å². The first-order chi connectivity index (χ1) is 12.5. The highest BCUT2D eigenvalue weighted by molar-refractivity contribution is 7.80. The third-order valence-corrected chi connectivity index (χ3v) is 4.32. The molecular weight excluding hydrogens is 348 g/mol. The second-order valence-electron chi connectivity index (χ2n) is 5.80. The molecule has 0 bridgehead atoms. The molecule has 0 radical (unpaired) electrons. The first-order valence-electron chi connectivity index (χ1n) is 8.41. The monoisotopic (exact) mass is 372 g/mol. The van der Waals surface area contributed by atoms with Gasteiger partial charge in [0.15, 0.2) is 5.11 Å². The molecule has 0 saturated heterocycles. The van der Waals surface area contributed by atoms with Gasteiger partial charge in [0.2, 0.25) is 0 Å². The third-order valence-electron chi connectivity index (χ3n) is 4.07. The van der Waals surface area contributed by atoms with Crippen molar-refractivity contribution in [1.29, 1.82) is 0 Å². The summed E-state index contributed by atoms with van der Waals surface area (Å²) >= 11 is 5.34. The summed E-state index contributed by atoms with van der Waals surface area (Å²) in [5, 5.41) is 6.86. The Hall–Kier alpha value is -2.60. The van der Waals surface area contributed by atoms with E-state index >= 15 is 0 Å². The number of anilines is 1. The second-order valence-corrected chi connectivity index (χ2v) is 6.21. The number of ether oxygens (including phenoxy) is 2. The fourth-order valence-corrected chi connectivity index (χ4v) is 2.77. The molecule has 0 atom stereocenters. The van der Waals surface area contributed by atoms with Crippen molar-refractivity contribution in [2.75, 3.05) is 26.1 Å². The Morgan fingerprint density at radius 2 is 1.85 bits per heavy atom. The number of carbonyl (C=O) groups excluding carboxylic acids is 1. The molecule has 0 aliphatic rings. The summed E-state index contributed by atoms with van der Waals surface area (Å²) in [4.78, 5) is 11.8. The van der Waals surface area contributed by atoms with Crippen molar-refractivity contribution in [3.8, 4) is 5.75 Å². The van der Waals surface area contributed by atoms with E-state index in [2.05, 4.69) is 22.8 Å². The molecule has 138 valence electrons. The predicted octanol–water partition coefficient (Wildman–Crippen LogP) is 3.71. The largest absolute Gasteiger partial charge is 0.497 e. The zero-order valence-corrected chi connectivity index (χ0v) is 16.1. The van der Waals surface area contributed by atoms with Crippen LogP contribution in [-0.4, -0.2) is 31.8 Å². The summed E-state index contributed by atoms with van der Waals surface area (Å²) in [7, 11) is 3.03. The lowest BCUT2D eigenvalue weighted by Crippen LogP contribution is -2.30. The molecule has 0 saturated carbocycles. The molecule has 0 amide bonds. The van der Waals surface area contributed by atoms with Crippen LogP contribution < -0.4 is 15.4 Å². The fourth-order valence-electron chi connectivity index (χ4n) is 2.56. The third kappa shape index (κ3) is 5.46. The molecule has 26 heavy (non-hydrogen) atoms. The molecule has 0 unspecified atom stereocenters. The average molecular weight is 372 g/mol. The summed E-state index contributed by atoms with van der Waals surface area (Å²) < 4.78 is 9.95. The minimum atomic E-state index is -0.357. The maximum Gasteiger partial charge on any atom is 0.338 e. The van der Waals surface area contributed by atoms with E-state index in [4.69, 9.17) is 21.7 Å². The van der Waals surface area contributed by atoms with E-state index in [9.17, 15) is 4.79 Å². The average Bonchev–Trinajstić information content (AvgIpc) is 2.66. The van der Waals surface area contributed by atoms with Crippen LogP contribution in [0, 0.1) is 6.92 Å². The molecule has 0 heterocycles. The SMILES string of the molecule is COC(=O)c1cccc(NC(=S)NCCCc2ccc(OC)cc2)c1C. The van der Waals surface area contributed by atoms with Crippen molar-refractivity contribution in [3.63, 3.8) is 0 Å². The lowest BCUT2D eigenvalue weighted by molar-refractivity contribution is 0.0600. The first kappa shape index (κ1) is 19.7. The molecule has 0 aliphatic carbocycles. The molecule has 2 aromatic carbocycles.